The summed E-state index contributed by atoms with van der Waals surface area (Å²) in [4.78, 5) is 13.6. The number of phenolic OH excluding ortho intramolecular Hbond substituents is 1. The molecule has 3 rings (SSSR count). The average molecular weight is 311 g/mol. The second-order valence-electron chi connectivity index (χ2n) is 5.94. The molecule has 1 aliphatic rings. The largest absolute Gasteiger partial charge is 0.507 e. The zero-order chi connectivity index (χ0) is 16.4. The van der Waals surface area contributed by atoms with Crippen molar-refractivity contribution in [3.63, 3.8) is 0 Å². The van der Waals surface area contributed by atoms with E-state index in [0.29, 0.717) is 24.3 Å². The van der Waals surface area contributed by atoms with E-state index in [1.165, 1.54) is 0 Å². The summed E-state index contributed by atoms with van der Waals surface area (Å²) in [6.07, 6.45) is 1.49. The second kappa shape index (κ2) is 6.32. The van der Waals surface area contributed by atoms with Gasteiger partial charge in [-0.2, -0.15) is 0 Å². The van der Waals surface area contributed by atoms with Gasteiger partial charge >= 0.3 is 0 Å². The summed E-state index contributed by atoms with van der Waals surface area (Å²) >= 11 is 0. The Labute approximate surface area is 136 Å². The SMILES string of the molecule is COc1ccc(CN2CCCC2=O)c(O)c1-c1cccc(C)c1. The fourth-order valence-electron chi connectivity index (χ4n) is 3.07. The molecule has 0 saturated carbocycles. The summed E-state index contributed by atoms with van der Waals surface area (Å²) in [5.74, 6) is 0.969. The van der Waals surface area contributed by atoms with E-state index in [1.54, 1.807) is 12.0 Å². The Balaban J connectivity index is 2.03. The molecular weight excluding hydrogens is 290 g/mol. The Morgan fingerprint density at radius 3 is 2.74 bits per heavy atom. The summed E-state index contributed by atoms with van der Waals surface area (Å²) in [7, 11) is 1.59. The highest BCUT2D eigenvalue weighted by molar-refractivity contribution is 5.80. The molecule has 2 aromatic rings. The van der Waals surface area contributed by atoms with Crippen molar-refractivity contribution in [1.29, 1.82) is 0 Å². The third kappa shape index (κ3) is 3.02. The first kappa shape index (κ1) is 15.4. The normalized spacial score (nSPS) is 14.3. The van der Waals surface area contributed by atoms with Crippen LogP contribution in [0, 0.1) is 6.92 Å². The first-order valence-electron chi connectivity index (χ1n) is 7.84. The zero-order valence-corrected chi connectivity index (χ0v) is 13.5. The van der Waals surface area contributed by atoms with Gasteiger partial charge in [-0.05, 0) is 31.0 Å². The Kier molecular flexibility index (Phi) is 4.24. The lowest BCUT2D eigenvalue weighted by Crippen LogP contribution is -2.23. The van der Waals surface area contributed by atoms with Crippen LogP contribution in [0.3, 0.4) is 0 Å². The standard InChI is InChI=1S/C19H21NO3/c1-13-5-3-6-14(11-13)18-16(23-2)9-8-15(19(18)22)12-20-10-4-7-17(20)21/h3,5-6,8-9,11,22H,4,7,10,12H2,1-2H3. The van der Waals surface area contributed by atoms with Crippen LogP contribution >= 0.6 is 0 Å². The lowest BCUT2D eigenvalue weighted by molar-refractivity contribution is -0.128. The van der Waals surface area contributed by atoms with Crippen LogP contribution in [0.15, 0.2) is 36.4 Å². The minimum absolute atomic E-state index is 0.150. The van der Waals surface area contributed by atoms with E-state index in [4.69, 9.17) is 4.74 Å². The van der Waals surface area contributed by atoms with Crippen molar-refractivity contribution < 1.29 is 14.6 Å². The van der Waals surface area contributed by atoms with Crippen LogP contribution in [-0.2, 0) is 11.3 Å². The Hall–Kier alpha value is -2.49. The number of likely N-dealkylation sites (tertiary alicyclic amines) is 1. The summed E-state index contributed by atoms with van der Waals surface area (Å²) < 4.78 is 5.43. The van der Waals surface area contributed by atoms with Gasteiger partial charge in [-0.25, -0.2) is 0 Å². The maximum atomic E-state index is 11.8. The minimum atomic E-state index is 0.150. The molecule has 1 fully saturated rings. The number of aryl methyl sites for hydroxylation is 1. The molecule has 2 aromatic carbocycles. The topological polar surface area (TPSA) is 49.8 Å². The number of rotatable bonds is 4. The van der Waals surface area contributed by atoms with Crippen molar-refractivity contribution in [2.45, 2.75) is 26.3 Å². The van der Waals surface area contributed by atoms with Crippen molar-refractivity contribution in [2.24, 2.45) is 0 Å². The predicted octanol–water partition coefficient (Wildman–Crippen LogP) is 3.50. The van der Waals surface area contributed by atoms with Crippen LogP contribution in [0.5, 0.6) is 11.5 Å². The number of nitrogens with zero attached hydrogens (tertiary/aromatic N) is 1. The van der Waals surface area contributed by atoms with E-state index in [0.717, 1.165) is 29.7 Å². The number of phenols is 1. The zero-order valence-electron chi connectivity index (χ0n) is 13.5. The van der Waals surface area contributed by atoms with Crippen molar-refractivity contribution in [1.82, 2.24) is 4.90 Å². The summed E-state index contributed by atoms with van der Waals surface area (Å²) in [6, 6.07) is 11.6. The molecule has 0 atom stereocenters. The molecule has 120 valence electrons. The van der Waals surface area contributed by atoms with Gasteiger partial charge in [-0.1, -0.05) is 29.8 Å². The number of methoxy groups -OCH3 is 1. The van der Waals surface area contributed by atoms with Gasteiger partial charge in [0.15, 0.2) is 0 Å². The summed E-state index contributed by atoms with van der Waals surface area (Å²) in [5, 5.41) is 10.8. The van der Waals surface area contributed by atoms with Crippen LogP contribution in [0.4, 0.5) is 0 Å². The molecule has 1 heterocycles. The monoisotopic (exact) mass is 311 g/mol. The van der Waals surface area contributed by atoms with Gasteiger partial charge in [0, 0.05) is 25.1 Å². The number of ether oxygens (including phenoxy) is 1. The molecule has 1 aliphatic heterocycles. The van der Waals surface area contributed by atoms with Crippen LogP contribution in [0.2, 0.25) is 0 Å². The highest BCUT2D eigenvalue weighted by Gasteiger charge is 2.23. The minimum Gasteiger partial charge on any atom is -0.507 e. The van der Waals surface area contributed by atoms with E-state index in [1.807, 2.05) is 43.3 Å². The molecule has 0 aliphatic carbocycles. The first-order chi connectivity index (χ1) is 11.1. The van der Waals surface area contributed by atoms with Crippen LogP contribution in [0.1, 0.15) is 24.0 Å². The lowest BCUT2D eigenvalue weighted by atomic mass is 9.98. The Morgan fingerprint density at radius 1 is 1.26 bits per heavy atom. The van der Waals surface area contributed by atoms with Crippen LogP contribution in [0.25, 0.3) is 11.1 Å². The van der Waals surface area contributed by atoms with E-state index >= 15 is 0 Å². The van der Waals surface area contributed by atoms with Crippen LogP contribution in [-0.4, -0.2) is 29.6 Å². The number of hydrogen-bond donors (Lipinski definition) is 1. The average Bonchev–Trinajstić information content (AvgIpc) is 2.94. The fraction of sp³-hybridized carbons (Fsp3) is 0.316. The molecule has 23 heavy (non-hydrogen) atoms. The Morgan fingerprint density at radius 2 is 2.09 bits per heavy atom. The highest BCUT2D eigenvalue weighted by Crippen LogP contribution is 2.41. The van der Waals surface area contributed by atoms with Gasteiger partial charge in [0.1, 0.15) is 11.5 Å². The highest BCUT2D eigenvalue weighted by atomic mass is 16.5. The number of hydrogen-bond acceptors (Lipinski definition) is 3. The molecule has 4 heteroatoms. The van der Waals surface area contributed by atoms with E-state index in [-0.39, 0.29) is 11.7 Å². The maximum absolute atomic E-state index is 11.8. The van der Waals surface area contributed by atoms with Crippen molar-refractivity contribution >= 4 is 5.91 Å². The summed E-state index contributed by atoms with van der Waals surface area (Å²) in [6.45, 7) is 3.21. The fourth-order valence-corrected chi connectivity index (χ4v) is 3.07. The van der Waals surface area contributed by atoms with Gasteiger partial charge < -0.3 is 14.7 Å². The lowest BCUT2D eigenvalue weighted by Gasteiger charge is -2.19. The van der Waals surface area contributed by atoms with Crippen molar-refractivity contribution in [3.05, 3.63) is 47.5 Å². The van der Waals surface area contributed by atoms with E-state index in [9.17, 15) is 9.90 Å². The quantitative estimate of drug-likeness (QED) is 0.940. The van der Waals surface area contributed by atoms with Crippen molar-refractivity contribution in [2.75, 3.05) is 13.7 Å². The van der Waals surface area contributed by atoms with E-state index in [2.05, 4.69) is 0 Å². The maximum Gasteiger partial charge on any atom is 0.222 e. The smallest absolute Gasteiger partial charge is 0.222 e. The first-order valence-corrected chi connectivity index (χ1v) is 7.84. The van der Waals surface area contributed by atoms with E-state index < -0.39 is 0 Å². The molecule has 1 N–H and O–H groups in total. The third-order valence-corrected chi connectivity index (χ3v) is 4.28. The van der Waals surface area contributed by atoms with Gasteiger partial charge in [-0.15, -0.1) is 0 Å². The van der Waals surface area contributed by atoms with Gasteiger partial charge in [0.25, 0.3) is 0 Å². The molecule has 0 aromatic heterocycles. The van der Waals surface area contributed by atoms with Gasteiger partial charge in [0.05, 0.1) is 12.7 Å². The number of benzene rings is 2. The molecule has 1 amide bonds. The number of aromatic hydroxyl groups is 1. The number of carbonyl (C=O) groups excluding carboxylic acids is 1. The molecule has 1 saturated heterocycles. The third-order valence-electron chi connectivity index (χ3n) is 4.28. The molecule has 0 spiro atoms. The van der Waals surface area contributed by atoms with Gasteiger partial charge in [0.2, 0.25) is 5.91 Å². The molecule has 0 unspecified atom stereocenters. The predicted molar refractivity (Wildman–Crippen MR) is 89.5 cm³/mol. The number of amides is 1. The second-order valence-corrected chi connectivity index (χ2v) is 5.94. The molecular formula is C19H21NO3. The van der Waals surface area contributed by atoms with Crippen LogP contribution < -0.4 is 4.74 Å². The summed E-state index contributed by atoms with van der Waals surface area (Å²) in [5.41, 5.74) is 3.45. The molecule has 4 nitrogen and oxygen atoms in total. The van der Waals surface area contributed by atoms with Gasteiger partial charge in [-0.3, -0.25) is 4.79 Å². The Bertz CT molecular complexity index is 739. The molecule has 0 radical (unpaired) electrons. The molecule has 0 bridgehead atoms. The van der Waals surface area contributed by atoms with Crippen molar-refractivity contribution in [3.8, 4) is 22.6 Å². The number of carbonyl (C=O) groups is 1.